The molecule has 0 unspecified atom stereocenters. The molecule has 0 saturated carbocycles. The first-order valence-corrected chi connectivity index (χ1v) is 5.64. The zero-order valence-corrected chi connectivity index (χ0v) is 9.77. The van der Waals surface area contributed by atoms with Crippen molar-refractivity contribution < 1.29 is 14.6 Å². The van der Waals surface area contributed by atoms with Gasteiger partial charge in [0.1, 0.15) is 5.56 Å². The normalized spacial score (nSPS) is 18.6. The van der Waals surface area contributed by atoms with Crippen molar-refractivity contribution >= 4 is 11.7 Å². The molecule has 92 valence electrons. The maximum atomic E-state index is 11.1. The zero-order valence-electron chi connectivity index (χ0n) is 9.77. The van der Waals surface area contributed by atoms with Gasteiger partial charge in [0.2, 0.25) is 0 Å². The van der Waals surface area contributed by atoms with Crippen LogP contribution >= 0.6 is 0 Å². The van der Waals surface area contributed by atoms with Crippen LogP contribution in [0.3, 0.4) is 0 Å². The minimum atomic E-state index is -0.962. The van der Waals surface area contributed by atoms with E-state index < -0.39 is 5.97 Å². The summed E-state index contributed by atoms with van der Waals surface area (Å²) in [7, 11) is 0. The number of nitrogens with one attached hydrogen (secondary N) is 1. The van der Waals surface area contributed by atoms with E-state index >= 15 is 0 Å². The van der Waals surface area contributed by atoms with E-state index in [0.29, 0.717) is 18.9 Å². The van der Waals surface area contributed by atoms with Gasteiger partial charge in [0, 0.05) is 31.1 Å². The fourth-order valence-corrected chi connectivity index (χ4v) is 1.95. The summed E-state index contributed by atoms with van der Waals surface area (Å²) in [6.45, 7) is 3.50. The first kappa shape index (κ1) is 11.9. The van der Waals surface area contributed by atoms with E-state index in [4.69, 9.17) is 9.84 Å². The highest BCUT2D eigenvalue weighted by Crippen LogP contribution is 2.26. The SMILES string of the molecule is CC1(Nc2ccncc2C(=O)O)CCOCC1. The maximum Gasteiger partial charge on any atom is 0.339 e. The summed E-state index contributed by atoms with van der Waals surface area (Å²) in [6, 6.07) is 1.70. The Balaban J connectivity index is 2.20. The number of anilines is 1. The van der Waals surface area contributed by atoms with Crippen molar-refractivity contribution in [3.8, 4) is 0 Å². The molecule has 5 nitrogen and oxygen atoms in total. The third-order valence-electron chi connectivity index (χ3n) is 3.08. The molecule has 17 heavy (non-hydrogen) atoms. The van der Waals surface area contributed by atoms with Crippen LogP contribution in [0.25, 0.3) is 0 Å². The molecule has 2 rings (SSSR count). The second-order valence-corrected chi connectivity index (χ2v) is 4.52. The molecule has 1 aliphatic heterocycles. The molecule has 1 aliphatic rings. The van der Waals surface area contributed by atoms with Gasteiger partial charge in [0.15, 0.2) is 0 Å². The Morgan fingerprint density at radius 3 is 2.88 bits per heavy atom. The fourth-order valence-electron chi connectivity index (χ4n) is 1.95. The highest BCUT2D eigenvalue weighted by molar-refractivity contribution is 5.93. The average molecular weight is 236 g/mol. The van der Waals surface area contributed by atoms with Crippen LogP contribution in [0.1, 0.15) is 30.1 Å². The van der Waals surface area contributed by atoms with Crippen LogP contribution in [-0.4, -0.2) is 34.8 Å². The summed E-state index contributed by atoms with van der Waals surface area (Å²) in [5.74, 6) is -0.962. The van der Waals surface area contributed by atoms with Crippen LogP contribution in [0, 0.1) is 0 Å². The van der Waals surface area contributed by atoms with Gasteiger partial charge in [-0.25, -0.2) is 4.79 Å². The number of hydrogen-bond donors (Lipinski definition) is 2. The Morgan fingerprint density at radius 2 is 2.24 bits per heavy atom. The van der Waals surface area contributed by atoms with E-state index in [1.54, 1.807) is 12.3 Å². The Hall–Kier alpha value is -1.62. The standard InChI is InChI=1S/C12H16N2O3/c1-12(3-6-17-7-4-12)14-10-2-5-13-8-9(10)11(15)16/h2,5,8H,3-4,6-7H2,1H3,(H,13,14)(H,15,16). The van der Waals surface area contributed by atoms with Crippen LogP contribution in [0.5, 0.6) is 0 Å². The van der Waals surface area contributed by atoms with Crippen molar-refractivity contribution in [3.05, 3.63) is 24.0 Å². The second-order valence-electron chi connectivity index (χ2n) is 4.52. The summed E-state index contributed by atoms with van der Waals surface area (Å²) < 4.78 is 5.31. The fraction of sp³-hybridized carbons (Fsp3) is 0.500. The molecule has 1 aromatic heterocycles. The average Bonchev–Trinajstić information content (AvgIpc) is 2.29. The summed E-state index contributed by atoms with van der Waals surface area (Å²) in [5, 5.41) is 12.4. The molecule has 2 heterocycles. The summed E-state index contributed by atoms with van der Waals surface area (Å²) in [6.07, 6.45) is 4.70. The monoisotopic (exact) mass is 236 g/mol. The number of carboxylic acids is 1. The second kappa shape index (κ2) is 4.71. The Labute approximate surface area is 99.8 Å². The lowest BCUT2D eigenvalue weighted by atomic mass is 9.92. The summed E-state index contributed by atoms with van der Waals surface area (Å²) in [5.41, 5.74) is 0.723. The topological polar surface area (TPSA) is 71.5 Å². The lowest BCUT2D eigenvalue weighted by Gasteiger charge is -2.35. The molecule has 0 amide bonds. The Bertz CT molecular complexity index is 414. The van der Waals surface area contributed by atoms with Crippen LogP contribution in [0.15, 0.2) is 18.5 Å². The van der Waals surface area contributed by atoms with Gasteiger partial charge in [-0.3, -0.25) is 4.98 Å². The Kier molecular flexibility index (Phi) is 3.28. The lowest BCUT2D eigenvalue weighted by Crippen LogP contribution is -2.41. The van der Waals surface area contributed by atoms with Gasteiger partial charge < -0.3 is 15.2 Å². The van der Waals surface area contributed by atoms with E-state index in [1.807, 2.05) is 0 Å². The first-order chi connectivity index (χ1) is 8.11. The van der Waals surface area contributed by atoms with E-state index in [-0.39, 0.29) is 11.1 Å². The molecule has 0 radical (unpaired) electrons. The molecular weight excluding hydrogens is 220 g/mol. The van der Waals surface area contributed by atoms with Gasteiger partial charge in [-0.15, -0.1) is 0 Å². The smallest absolute Gasteiger partial charge is 0.339 e. The number of rotatable bonds is 3. The van der Waals surface area contributed by atoms with Crippen molar-refractivity contribution in [1.29, 1.82) is 0 Å². The van der Waals surface area contributed by atoms with Crippen molar-refractivity contribution in [3.63, 3.8) is 0 Å². The molecule has 0 spiro atoms. The van der Waals surface area contributed by atoms with Gasteiger partial charge in [-0.1, -0.05) is 0 Å². The third kappa shape index (κ3) is 2.74. The molecule has 5 heteroatoms. The maximum absolute atomic E-state index is 11.1. The zero-order chi connectivity index (χ0) is 12.3. The number of pyridine rings is 1. The molecule has 0 aliphatic carbocycles. The van der Waals surface area contributed by atoms with E-state index in [2.05, 4.69) is 17.2 Å². The van der Waals surface area contributed by atoms with Crippen molar-refractivity contribution in [2.45, 2.75) is 25.3 Å². The molecular formula is C12H16N2O3. The number of ether oxygens (including phenoxy) is 1. The van der Waals surface area contributed by atoms with Gasteiger partial charge >= 0.3 is 5.97 Å². The van der Waals surface area contributed by atoms with Crippen molar-refractivity contribution in [2.75, 3.05) is 18.5 Å². The molecule has 1 aromatic rings. The predicted molar refractivity (Wildman–Crippen MR) is 63.3 cm³/mol. The molecule has 0 atom stereocenters. The van der Waals surface area contributed by atoms with Gasteiger partial charge in [0.25, 0.3) is 0 Å². The van der Waals surface area contributed by atoms with Gasteiger partial charge in [-0.2, -0.15) is 0 Å². The van der Waals surface area contributed by atoms with E-state index in [0.717, 1.165) is 12.8 Å². The largest absolute Gasteiger partial charge is 0.478 e. The van der Waals surface area contributed by atoms with Gasteiger partial charge in [0.05, 0.1) is 5.69 Å². The Morgan fingerprint density at radius 1 is 1.53 bits per heavy atom. The number of aromatic carboxylic acids is 1. The molecule has 2 N–H and O–H groups in total. The molecule has 0 bridgehead atoms. The summed E-state index contributed by atoms with van der Waals surface area (Å²) in [4.78, 5) is 14.9. The number of nitrogens with zero attached hydrogens (tertiary/aromatic N) is 1. The highest BCUT2D eigenvalue weighted by Gasteiger charge is 2.28. The van der Waals surface area contributed by atoms with Crippen LogP contribution < -0.4 is 5.32 Å². The minimum Gasteiger partial charge on any atom is -0.478 e. The number of hydrogen-bond acceptors (Lipinski definition) is 4. The molecule has 1 fully saturated rings. The van der Waals surface area contributed by atoms with Crippen LogP contribution in [-0.2, 0) is 4.74 Å². The predicted octanol–water partition coefficient (Wildman–Crippen LogP) is 1.76. The number of aromatic nitrogens is 1. The highest BCUT2D eigenvalue weighted by atomic mass is 16.5. The third-order valence-corrected chi connectivity index (χ3v) is 3.08. The van der Waals surface area contributed by atoms with E-state index in [9.17, 15) is 4.79 Å². The van der Waals surface area contributed by atoms with Crippen molar-refractivity contribution in [1.82, 2.24) is 4.98 Å². The van der Waals surface area contributed by atoms with Gasteiger partial charge in [-0.05, 0) is 25.8 Å². The van der Waals surface area contributed by atoms with Crippen LogP contribution in [0.4, 0.5) is 5.69 Å². The summed E-state index contributed by atoms with van der Waals surface area (Å²) >= 11 is 0. The lowest BCUT2D eigenvalue weighted by molar-refractivity contribution is 0.0655. The first-order valence-electron chi connectivity index (χ1n) is 5.64. The quantitative estimate of drug-likeness (QED) is 0.836. The molecule has 1 saturated heterocycles. The number of carbonyl (C=O) groups is 1. The number of carboxylic acid groups (broad SMARTS) is 1. The van der Waals surface area contributed by atoms with E-state index in [1.165, 1.54) is 6.20 Å². The minimum absolute atomic E-state index is 0.107. The molecule has 0 aromatic carbocycles. The van der Waals surface area contributed by atoms with Crippen LogP contribution in [0.2, 0.25) is 0 Å². The van der Waals surface area contributed by atoms with Crippen molar-refractivity contribution in [2.24, 2.45) is 0 Å².